The van der Waals surface area contributed by atoms with Crippen molar-refractivity contribution >= 4 is 46.0 Å². The average Bonchev–Trinajstić information content (AvgIpc) is 3.13. The Kier molecular flexibility index (Phi) is 4.98. The van der Waals surface area contributed by atoms with Crippen molar-refractivity contribution in [2.75, 3.05) is 0 Å². The first kappa shape index (κ1) is 19.8. The monoisotopic (exact) mass is 440 g/mol. The van der Waals surface area contributed by atoms with E-state index in [0.717, 1.165) is 5.56 Å². The zero-order chi connectivity index (χ0) is 21.4. The van der Waals surface area contributed by atoms with E-state index in [1.54, 1.807) is 18.2 Å². The molecule has 0 aliphatic heterocycles. The highest BCUT2D eigenvalue weighted by Crippen LogP contribution is 2.62. The minimum atomic E-state index is -3.35. The standard InChI is InChI=1S/C27H18ClO2P/c28-20-17-15-19(16-18-20)25-26(29)23-13-7-8-14-24(23)27(25)31(30,21-9-3-1-4-10-21)22-11-5-2-6-12-22/h1-18H. The molecular formula is C27H18ClO2P. The quantitative estimate of drug-likeness (QED) is 0.343. The topological polar surface area (TPSA) is 34.1 Å². The summed E-state index contributed by atoms with van der Waals surface area (Å²) < 4.78 is 15.1. The van der Waals surface area contributed by atoms with Crippen LogP contribution >= 0.6 is 18.7 Å². The van der Waals surface area contributed by atoms with Crippen LogP contribution in [0.2, 0.25) is 5.02 Å². The summed E-state index contributed by atoms with van der Waals surface area (Å²) in [6, 6.07) is 33.5. The first-order valence-corrected chi connectivity index (χ1v) is 12.1. The number of halogens is 1. The van der Waals surface area contributed by atoms with Crippen LogP contribution in [0, 0.1) is 0 Å². The molecule has 31 heavy (non-hydrogen) atoms. The maximum Gasteiger partial charge on any atom is 0.195 e. The van der Waals surface area contributed by atoms with Crippen molar-refractivity contribution in [2.45, 2.75) is 0 Å². The summed E-state index contributed by atoms with van der Waals surface area (Å²) in [6.45, 7) is 0. The van der Waals surface area contributed by atoms with Crippen LogP contribution in [0.4, 0.5) is 0 Å². The van der Waals surface area contributed by atoms with Crippen molar-refractivity contribution in [1.29, 1.82) is 0 Å². The molecule has 0 bridgehead atoms. The van der Waals surface area contributed by atoms with Gasteiger partial charge in [-0.05, 0) is 23.3 Å². The number of benzene rings is 4. The Labute approximate surface area is 186 Å². The summed E-state index contributed by atoms with van der Waals surface area (Å²) in [6.07, 6.45) is 0. The molecule has 0 radical (unpaired) electrons. The molecule has 1 aliphatic carbocycles. The highest BCUT2D eigenvalue weighted by Gasteiger charge is 2.42. The number of fused-ring (bicyclic) bond motifs is 1. The second-order valence-corrected chi connectivity index (χ2v) is 10.5. The van der Waals surface area contributed by atoms with Gasteiger partial charge in [0.1, 0.15) is 0 Å². The van der Waals surface area contributed by atoms with Gasteiger partial charge in [0.2, 0.25) is 0 Å². The third-order valence-corrected chi connectivity index (χ3v) is 8.98. The average molecular weight is 441 g/mol. The summed E-state index contributed by atoms with van der Waals surface area (Å²) in [5.41, 5.74) is 2.50. The van der Waals surface area contributed by atoms with Crippen LogP contribution < -0.4 is 10.6 Å². The molecule has 0 heterocycles. The summed E-state index contributed by atoms with van der Waals surface area (Å²) in [5.74, 6) is -0.111. The molecule has 0 N–H and O–H groups in total. The van der Waals surface area contributed by atoms with Crippen molar-refractivity contribution in [1.82, 2.24) is 0 Å². The van der Waals surface area contributed by atoms with Gasteiger partial charge in [0.05, 0.1) is 0 Å². The second kappa shape index (κ2) is 7.81. The van der Waals surface area contributed by atoms with Crippen LogP contribution in [-0.4, -0.2) is 5.78 Å². The first-order chi connectivity index (χ1) is 15.1. The normalized spacial score (nSPS) is 13.4. The van der Waals surface area contributed by atoms with Gasteiger partial charge in [-0.15, -0.1) is 0 Å². The molecule has 150 valence electrons. The van der Waals surface area contributed by atoms with Gasteiger partial charge in [0.15, 0.2) is 12.9 Å². The number of carbonyl (C=O) groups excluding carboxylic acids is 1. The van der Waals surface area contributed by atoms with Crippen molar-refractivity contribution in [3.05, 3.63) is 131 Å². The van der Waals surface area contributed by atoms with Gasteiger partial charge in [-0.25, -0.2) is 0 Å². The Bertz CT molecular complexity index is 1310. The number of carbonyl (C=O) groups is 1. The fourth-order valence-corrected chi connectivity index (χ4v) is 7.36. The molecule has 0 saturated heterocycles. The van der Waals surface area contributed by atoms with E-state index in [-0.39, 0.29) is 5.78 Å². The van der Waals surface area contributed by atoms with E-state index in [0.29, 0.717) is 37.6 Å². The predicted octanol–water partition coefficient (Wildman–Crippen LogP) is 6.42. The smallest absolute Gasteiger partial charge is 0.195 e. The van der Waals surface area contributed by atoms with Crippen molar-refractivity contribution < 1.29 is 9.36 Å². The van der Waals surface area contributed by atoms with Gasteiger partial charge < -0.3 is 4.57 Å². The van der Waals surface area contributed by atoms with Crippen LogP contribution in [0.25, 0.3) is 10.9 Å². The number of allylic oxidation sites excluding steroid dienone is 1. The lowest BCUT2D eigenvalue weighted by Gasteiger charge is -2.23. The molecule has 5 rings (SSSR count). The number of hydrogen-bond acceptors (Lipinski definition) is 2. The fraction of sp³-hybridized carbons (Fsp3) is 0. The molecule has 0 fully saturated rings. The Morgan fingerprint density at radius 1 is 0.581 bits per heavy atom. The zero-order valence-corrected chi connectivity index (χ0v) is 18.2. The Morgan fingerprint density at radius 2 is 1.06 bits per heavy atom. The number of hydrogen-bond donors (Lipinski definition) is 0. The minimum Gasteiger partial charge on any atom is -0.309 e. The Balaban J connectivity index is 1.91. The lowest BCUT2D eigenvalue weighted by molar-refractivity contribution is 0.105. The summed E-state index contributed by atoms with van der Waals surface area (Å²) in [7, 11) is -3.35. The molecule has 0 unspecified atom stereocenters. The van der Waals surface area contributed by atoms with Crippen LogP contribution in [0.15, 0.2) is 109 Å². The number of rotatable bonds is 4. The Hall–Kier alpha value is -3.19. The van der Waals surface area contributed by atoms with Crippen LogP contribution in [0.1, 0.15) is 21.5 Å². The molecule has 4 heteroatoms. The highest BCUT2D eigenvalue weighted by atomic mass is 35.5. The van der Waals surface area contributed by atoms with Gasteiger partial charge in [-0.2, -0.15) is 0 Å². The van der Waals surface area contributed by atoms with Crippen molar-refractivity contribution in [3.8, 4) is 0 Å². The van der Waals surface area contributed by atoms with Gasteiger partial charge >= 0.3 is 0 Å². The van der Waals surface area contributed by atoms with E-state index >= 15 is 4.57 Å². The number of Topliss-reactive ketones (excluding diaryl/α,β-unsaturated/α-hetero) is 1. The molecular weight excluding hydrogens is 423 g/mol. The molecule has 1 aliphatic rings. The third-order valence-electron chi connectivity index (χ3n) is 5.58. The zero-order valence-electron chi connectivity index (χ0n) is 16.5. The third kappa shape index (κ3) is 3.20. The lowest BCUT2D eigenvalue weighted by Crippen LogP contribution is -2.17. The van der Waals surface area contributed by atoms with E-state index in [2.05, 4.69) is 0 Å². The van der Waals surface area contributed by atoms with Crippen LogP contribution in [-0.2, 0) is 4.57 Å². The fourth-order valence-electron chi connectivity index (χ4n) is 4.16. The van der Waals surface area contributed by atoms with Gasteiger partial charge in [-0.1, -0.05) is 109 Å². The van der Waals surface area contributed by atoms with E-state index in [4.69, 9.17) is 11.6 Å². The Morgan fingerprint density at radius 3 is 1.61 bits per heavy atom. The minimum absolute atomic E-state index is 0.111. The van der Waals surface area contributed by atoms with Gasteiger partial charge in [0.25, 0.3) is 0 Å². The van der Waals surface area contributed by atoms with Crippen molar-refractivity contribution in [2.24, 2.45) is 0 Å². The molecule has 4 aromatic carbocycles. The van der Waals surface area contributed by atoms with Crippen LogP contribution in [0.5, 0.6) is 0 Å². The molecule has 0 saturated carbocycles. The number of ketones is 1. The summed E-state index contributed by atoms with van der Waals surface area (Å²) in [5, 5.41) is 2.58. The van der Waals surface area contributed by atoms with Crippen molar-refractivity contribution in [3.63, 3.8) is 0 Å². The predicted molar refractivity (Wildman–Crippen MR) is 129 cm³/mol. The SMILES string of the molecule is O=C1C(c2ccc(Cl)cc2)=C(P(=O)(c2ccccc2)c2ccccc2)c2ccccc21. The molecule has 0 amide bonds. The lowest BCUT2D eigenvalue weighted by atomic mass is 10.0. The largest absolute Gasteiger partial charge is 0.309 e. The van der Waals surface area contributed by atoms with Gasteiger partial charge in [-0.3, -0.25) is 4.79 Å². The molecule has 0 spiro atoms. The summed E-state index contributed by atoms with van der Waals surface area (Å²) in [4.78, 5) is 13.6. The maximum absolute atomic E-state index is 15.1. The summed E-state index contributed by atoms with van der Waals surface area (Å²) >= 11 is 6.11. The molecule has 2 nitrogen and oxygen atoms in total. The molecule has 4 aromatic rings. The van der Waals surface area contributed by atoms with Gasteiger partial charge in [0, 0.05) is 32.1 Å². The van der Waals surface area contributed by atoms with E-state index in [1.807, 2.05) is 91.0 Å². The van der Waals surface area contributed by atoms with E-state index in [9.17, 15) is 4.79 Å². The maximum atomic E-state index is 15.1. The highest BCUT2D eigenvalue weighted by molar-refractivity contribution is 7.88. The van der Waals surface area contributed by atoms with E-state index in [1.165, 1.54) is 0 Å². The van der Waals surface area contributed by atoms with Crippen LogP contribution in [0.3, 0.4) is 0 Å². The first-order valence-electron chi connectivity index (χ1n) is 9.97. The molecule has 0 atom stereocenters. The second-order valence-electron chi connectivity index (χ2n) is 7.39. The van der Waals surface area contributed by atoms with E-state index < -0.39 is 7.14 Å². The molecule has 0 aromatic heterocycles.